The summed E-state index contributed by atoms with van der Waals surface area (Å²) in [4.78, 5) is 11.3. The van der Waals surface area contributed by atoms with Gasteiger partial charge in [0.2, 0.25) is 0 Å². The SMILES string of the molecule is COC(=O)c1ccc(-c2ccc(N)c(Cl)c2)cc1. The van der Waals surface area contributed by atoms with Crippen molar-refractivity contribution in [1.29, 1.82) is 0 Å². The molecule has 2 rings (SSSR count). The van der Waals surface area contributed by atoms with Crippen LogP contribution >= 0.6 is 11.6 Å². The van der Waals surface area contributed by atoms with Crippen molar-refractivity contribution in [1.82, 2.24) is 0 Å². The van der Waals surface area contributed by atoms with E-state index in [4.69, 9.17) is 17.3 Å². The van der Waals surface area contributed by atoms with Crippen LogP contribution in [0.3, 0.4) is 0 Å². The van der Waals surface area contributed by atoms with Crippen molar-refractivity contribution in [3.8, 4) is 11.1 Å². The summed E-state index contributed by atoms with van der Waals surface area (Å²) in [6.07, 6.45) is 0. The van der Waals surface area contributed by atoms with E-state index in [-0.39, 0.29) is 5.97 Å². The second kappa shape index (κ2) is 5.10. The average Bonchev–Trinajstić information content (AvgIpc) is 2.41. The third-order valence-corrected chi connectivity index (χ3v) is 2.97. The fourth-order valence-corrected chi connectivity index (χ4v) is 1.80. The lowest BCUT2D eigenvalue weighted by Gasteiger charge is -2.05. The Morgan fingerprint density at radius 2 is 1.72 bits per heavy atom. The average molecular weight is 262 g/mol. The molecule has 3 nitrogen and oxygen atoms in total. The maximum atomic E-state index is 11.3. The van der Waals surface area contributed by atoms with Gasteiger partial charge in [0.15, 0.2) is 0 Å². The number of benzene rings is 2. The van der Waals surface area contributed by atoms with Gasteiger partial charge in [0.1, 0.15) is 0 Å². The highest BCUT2D eigenvalue weighted by Crippen LogP contribution is 2.27. The lowest BCUT2D eigenvalue weighted by molar-refractivity contribution is 0.0601. The Hall–Kier alpha value is -2.00. The molecule has 0 aliphatic rings. The number of hydrogen-bond acceptors (Lipinski definition) is 3. The predicted molar refractivity (Wildman–Crippen MR) is 72.6 cm³/mol. The molecule has 0 aliphatic heterocycles. The Morgan fingerprint density at radius 3 is 2.28 bits per heavy atom. The number of halogens is 1. The highest BCUT2D eigenvalue weighted by atomic mass is 35.5. The summed E-state index contributed by atoms with van der Waals surface area (Å²) in [6.45, 7) is 0. The number of carbonyl (C=O) groups excluding carboxylic acids is 1. The molecular formula is C14H12ClNO2. The Balaban J connectivity index is 2.34. The van der Waals surface area contributed by atoms with Gasteiger partial charge in [-0.3, -0.25) is 0 Å². The van der Waals surface area contributed by atoms with Gasteiger partial charge >= 0.3 is 5.97 Å². The molecule has 0 unspecified atom stereocenters. The van der Waals surface area contributed by atoms with Crippen molar-refractivity contribution in [3.63, 3.8) is 0 Å². The van der Waals surface area contributed by atoms with Crippen LogP contribution in [0, 0.1) is 0 Å². The molecule has 0 spiro atoms. The molecule has 2 aromatic carbocycles. The number of rotatable bonds is 2. The van der Waals surface area contributed by atoms with E-state index in [1.165, 1.54) is 7.11 Å². The quantitative estimate of drug-likeness (QED) is 0.666. The van der Waals surface area contributed by atoms with Crippen molar-refractivity contribution in [3.05, 3.63) is 53.1 Å². The van der Waals surface area contributed by atoms with Gasteiger partial charge in [0.25, 0.3) is 0 Å². The minimum Gasteiger partial charge on any atom is -0.465 e. The zero-order valence-electron chi connectivity index (χ0n) is 9.81. The maximum Gasteiger partial charge on any atom is 0.337 e. The van der Waals surface area contributed by atoms with Crippen LogP contribution in [0.15, 0.2) is 42.5 Å². The van der Waals surface area contributed by atoms with E-state index >= 15 is 0 Å². The van der Waals surface area contributed by atoms with Gasteiger partial charge in [0.05, 0.1) is 23.4 Å². The third-order valence-electron chi connectivity index (χ3n) is 2.64. The van der Waals surface area contributed by atoms with Crippen LogP contribution in [-0.4, -0.2) is 13.1 Å². The fraction of sp³-hybridized carbons (Fsp3) is 0.0714. The van der Waals surface area contributed by atoms with Gasteiger partial charge in [-0.1, -0.05) is 29.8 Å². The van der Waals surface area contributed by atoms with Gasteiger partial charge in [0, 0.05) is 0 Å². The molecule has 0 radical (unpaired) electrons. The second-order valence-corrected chi connectivity index (χ2v) is 4.21. The highest BCUT2D eigenvalue weighted by Gasteiger charge is 2.06. The van der Waals surface area contributed by atoms with E-state index in [1.54, 1.807) is 24.3 Å². The van der Waals surface area contributed by atoms with Crippen LogP contribution in [0.4, 0.5) is 5.69 Å². The highest BCUT2D eigenvalue weighted by molar-refractivity contribution is 6.33. The zero-order chi connectivity index (χ0) is 13.1. The van der Waals surface area contributed by atoms with Crippen LogP contribution in [0.2, 0.25) is 5.02 Å². The first-order valence-electron chi connectivity index (χ1n) is 5.35. The van der Waals surface area contributed by atoms with Crippen LogP contribution in [0.1, 0.15) is 10.4 Å². The molecule has 0 bridgehead atoms. The molecule has 4 heteroatoms. The Morgan fingerprint density at radius 1 is 1.11 bits per heavy atom. The first kappa shape index (κ1) is 12.5. The van der Waals surface area contributed by atoms with E-state index in [1.807, 2.05) is 18.2 Å². The van der Waals surface area contributed by atoms with E-state index in [9.17, 15) is 4.79 Å². The number of hydrogen-bond donors (Lipinski definition) is 1. The molecule has 92 valence electrons. The van der Waals surface area contributed by atoms with E-state index in [0.29, 0.717) is 16.3 Å². The van der Waals surface area contributed by atoms with Crippen LogP contribution in [0.25, 0.3) is 11.1 Å². The fourth-order valence-electron chi connectivity index (χ4n) is 1.62. The first-order chi connectivity index (χ1) is 8.61. The topological polar surface area (TPSA) is 52.3 Å². The molecule has 18 heavy (non-hydrogen) atoms. The molecular weight excluding hydrogens is 250 g/mol. The van der Waals surface area contributed by atoms with E-state index < -0.39 is 0 Å². The molecule has 0 fully saturated rings. The summed E-state index contributed by atoms with van der Waals surface area (Å²) in [5, 5.41) is 0.518. The van der Waals surface area contributed by atoms with Crippen molar-refractivity contribution >= 4 is 23.3 Å². The van der Waals surface area contributed by atoms with E-state index in [0.717, 1.165) is 11.1 Å². The number of carbonyl (C=O) groups is 1. The molecule has 0 saturated carbocycles. The third kappa shape index (κ3) is 2.46. The molecule has 2 N–H and O–H groups in total. The number of nitrogens with two attached hydrogens (primary N) is 1. The Bertz CT molecular complexity index is 579. The zero-order valence-corrected chi connectivity index (χ0v) is 10.6. The van der Waals surface area contributed by atoms with Gasteiger partial charge < -0.3 is 10.5 Å². The summed E-state index contributed by atoms with van der Waals surface area (Å²) in [6, 6.07) is 12.5. The van der Waals surface area contributed by atoms with Gasteiger partial charge in [-0.2, -0.15) is 0 Å². The smallest absolute Gasteiger partial charge is 0.337 e. The first-order valence-corrected chi connectivity index (χ1v) is 5.73. The molecule has 2 aromatic rings. The molecule has 0 amide bonds. The molecule has 0 saturated heterocycles. The van der Waals surface area contributed by atoms with Crippen molar-refractivity contribution < 1.29 is 9.53 Å². The summed E-state index contributed by atoms with van der Waals surface area (Å²) < 4.78 is 4.64. The van der Waals surface area contributed by atoms with Crippen molar-refractivity contribution in [2.75, 3.05) is 12.8 Å². The molecule has 0 heterocycles. The number of nitrogen functional groups attached to an aromatic ring is 1. The number of methoxy groups -OCH3 is 1. The molecule has 0 aliphatic carbocycles. The monoisotopic (exact) mass is 261 g/mol. The van der Waals surface area contributed by atoms with Crippen LogP contribution in [-0.2, 0) is 4.74 Å². The largest absolute Gasteiger partial charge is 0.465 e. The summed E-state index contributed by atoms with van der Waals surface area (Å²) in [7, 11) is 1.36. The van der Waals surface area contributed by atoms with Crippen LogP contribution in [0.5, 0.6) is 0 Å². The minimum absolute atomic E-state index is 0.350. The van der Waals surface area contributed by atoms with Gasteiger partial charge in [-0.25, -0.2) is 4.79 Å². The van der Waals surface area contributed by atoms with Gasteiger partial charge in [-0.15, -0.1) is 0 Å². The Labute approximate surface area is 110 Å². The lowest BCUT2D eigenvalue weighted by atomic mass is 10.0. The lowest BCUT2D eigenvalue weighted by Crippen LogP contribution is -2.00. The summed E-state index contributed by atoms with van der Waals surface area (Å²) >= 11 is 5.97. The summed E-state index contributed by atoms with van der Waals surface area (Å²) in [5.74, 6) is -0.350. The van der Waals surface area contributed by atoms with E-state index in [2.05, 4.69) is 4.74 Å². The van der Waals surface area contributed by atoms with Gasteiger partial charge in [-0.05, 0) is 35.4 Å². The van der Waals surface area contributed by atoms with Crippen molar-refractivity contribution in [2.45, 2.75) is 0 Å². The summed E-state index contributed by atoms with van der Waals surface area (Å²) in [5.41, 5.74) is 8.63. The number of esters is 1. The predicted octanol–water partition coefficient (Wildman–Crippen LogP) is 3.38. The maximum absolute atomic E-state index is 11.3. The molecule has 0 aromatic heterocycles. The Kier molecular flexibility index (Phi) is 3.53. The van der Waals surface area contributed by atoms with Crippen LogP contribution < -0.4 is 5.73 Å². The second-order valence-electron chi connectivity index (χ2n) is 3.81. The minimum atomic E-state index is -0.350. The molecule has 0 atom stereocenters. The van der Waals surface area contributed by atoms with Crippen molar-refractivity contribution in [2.24, 2.45) is 0 Å². The standard InChI is InChI=1S/C14H12ClNO2/c1-18-14(17)10-4-2-9(3-5-10)11-6-7-13(16)12(15)8-11/h2-8H,16H2,1H3. The normalized spacial score (nSPS) is 10.1. The number of anilines is 1. The number of ether oxygens (including phenoxy) is 1.